The Morgan fingerprint density at radius 1 is 1.06 bits per heavy atom. The number of hydrogen-bond donors (Lipinski definition) is 3. The van der Waals surface area contributed by atoms with Crippen LogP contribution in [0.3, 0.4) is 0 Å². The minimum absolute atomic E-state index is 0. The van der Waals surface area contributed by atoms with Gasteiger partial charge in [-0.05, 0) is 6.42 Å². The maximum absolute atomic E-state index is 9.76. The number of carbonyl (C=O) groups excluding carboxylic acids is 2. The summed E-state index contributed by atoms with van der Waals surface area (Å²) in [5, 5.41) is 6.54. The second kappa shape index (κ2) is 26.6. The Kier molecular flexibility index (Phi) is 49.3. The van der Waals surface area contributed by atoms with Crippen LogP contribution in [-0.4, -0.2) is 21.6 Å². The first kappa shape index (κ1) is 31.5. The van der Waals surface area contributed by atoms with Crippen molar-refractivity contribution in [1.29, 1.82) is 0 Å². The third kappa shape index (κ3) is 126. The molecule has 0 aromatic heterocycles. The van der Waals surface area contributed by atoms with Crippen molar-refractivity contribution in [3.63, 3.8) is 0 Å². The number of unbranched alkanes of at least 4 members (excludes halogenated alkanes) is 1. The topological polar surface area (TPSA) is 123 Å². The van der Waals surface area contributed by atoms with Gasteiger partial charge in [-0.3, -0.25) is 4.79 Å². The van der Waals surface area contributed by atoms with Crippen LogP contribution in [0.4, 0.5) is 9.59 Å². The predicted molar refractivity (Wildman–Crippen MR) is 61.1 cm³/mol. The zero-order valence-corrected chi connectivity index (χ0v) is 18.1. The molecule has 0 atom stereocenters. The van der Waals surface area contributed by atoms with E-state index >= 15 is 0 Å². The van der Waals surface area contributed by atoms with Crippen LogP contribution in [0.1, 0.15) is 26.2 Å². The Hall–Kier alpha value is 2.12. The molecule has 17 heavy (non-hydrogen) atoms. The van der Waals surface area contributed by atoms with E-state index in [1.165, 1.54) is 0 Å². The molecule has 0 aromatic carbocycles. The quantitative estimate of drug-likeness (QED) is 0.350. The standard InChI is InChI=1S/C5H10O2.2CH3NOS.2K/c1-2-3-4-5(6)7;2*2-1(3)4;;/h2-4H2,1H3,(H,6,7);2*(H3,2,3,4);;/q;;;2*+1/p-2. The molecule has 0 saturated heterocycles. The number of rotatable bonds is 3. The van der Waals surface area contributed by atoms with E-state index in [0.717, 1.165) is 12.8 Å². The molecule has 0 spiro atoms. The Bertz CT molecular complexity index is 188. The fourth-order valence-electron chi connectivity index (χ4n) is 0.328. The van der Waals surface area contributed by atoms with Crippen LogP contribution in [0.5, 0.6) is 0 Å². The van der Waals surface area contributed by atoms with Gasteiger partial charge >= 0.3 is 109 Å². The van der Waals surface area contributed by atoms with Gasteiger partial charge in [0.2, 0.25) is 0 Å². The summed E-state index contributed by atoms with van der Waals surface area (Å²) in [4.78, 5) is 27.8. The van der Waals surface area contributed by atoms with Gasteiger partial charge in [-0.2, -0.15) is 0 Å². The molecular formula is C7H14K2N2O4S2. The largest absolute Gasteiger partial charge is 1.00 e. The normalized spacial score (nSPS) is 6.41. The van der Waals surface area contributed by atoms with Gasteiger partial charge in [0.05, 0.1) is 10.5 Å². The summed E-state index contributed by atoms with van der Waals surface area (Å²) >= 11 is 7.52. The smallest absolute Gasteiger partial charge is 0.719 e. The molecule has 0 radical (unpaired) electrons. The third-order valence-electron chi connectivity index (χ3n) is 0.744. The maximum atomic E-state index is 9.76. The number of carboxylic acids is 1. The molecule has 10 heteroatoms. The van der Waals surface area contributed by atoms with E-state index in [9.17, 15) is 4.79 Å². The molecule has 0 saturated carbocycles. The molecule has 0 fully saturated rings. The average Bonchev–Trinajstić information content (AvgIpc) is 1.98. The van der Waals surface area contributed by atoms with Crippen LogP contribution < -0.4 is 114 Å². The Balaban J connectivity index is -0.0000000425. The van der Waals surface area contributed by atoms with E-state index in [1.54, 1.807) is 0 Å². The molecule has 0 unspecified atom stereocenters. The van der Waals surface area contributed by atoms with Crippen LogP contribution in [-0.2, 0) is 30.1 Å². The van der Waals surface area contributed by atoms with Gasteiger partial charge in [0.15, 0.2) is 0 Å². The van der Waals surface area contributed by atoms with E-state index in [-0.39, 0.29) is 103 Å². The summed E-state index contributed by atoms with van der Waals surface area (Å²) in [6.07, 6.45) is 2.08. The van der Waals surface area contributed by atoms with Crippen molar-refractivity contribution in [3.05, 3.63) is 0 Å². The molecule has 0 rings (SSSR count). The number of carbonyl (C=O) groups is 3. The molecule has 0 bridgehead atoms. The Labute approximate surface area is 197 Å². The summed E-state index contributed by atoms with van der Waals surface area (Å²) in [6, 6.07) is 0. The van der Waals surface area contributed by atoms with E-state index in [0.29, 0.717) is 6.42 Å². The van der Waals surface area contributed by atoms with Gasteiger partial charge in [-0.15, -0.1) is 0 Å². The molecule has 5 N–H and O–H groups in total. The van der Waals surface area contributed by atoms with E-state index in [4.69, 9.17) is 14.7 Å². The first-order valence-corrected chi connectivity index (χ1v) is 4.70. The van der Waals surface area contributed by atoms with E-state index in [2.05, 4.69) is 36.7 Å². The molecule has 0 aliphatic heterocycles. The summed E-state index contributed by atoms with van der Waals surface area (Å²) < 4.78 is 0. The van der Waals surface area contributed by atoms with Crippen molar-refractivity contribution in [2.45, 2.75) is 26.2 Å². The number of primary amides is 2. The van der Waals surface area contributed by atoms with Crippen molar-refractivity contribution in [1.82, 2.24) is 0 Å². The molecule has 0 aliphatic rings. The van der Waals surface area contributed by atoms with Crippen molar-refractivity contribution in [3.8, 4) is 0 Å². The minimum atomic E-state index is -0.750. The summed E-state index contributed by atoms with van der Waals surface area (Å²) in [5.74, 6) is -0.693. The molecule has 2 amide bonds. The molecule has 6 nitrogen and oxygen atoms in total. The molecule has 0 aromatic rings. The van der Waals surface area contributed by atoms with Gasteiger partial charge in [-0.1, -0.05) is 13.3 Å². The Morgan fingerprint density at radius 2 is 1.29 bits per heavy atom. The fraction of sp³-hybridized carbons (Fsp3) is 0.571. The first-order valence-electron chi connectivity index (χ1n) is 3.88. The SMILES string of the molecule is CCCCC(=O)O.NC(=O)[S-].NC(=O)[S-].[K+].[K+]. The second-order valence-corrected chi connectivity index (χ2v) is 2.94. The van der Waals surface area contributed by atoms with Crippen LogP contribution in [0.2, 0.25) is 0 Å². The maximum Gasteiger partial charge on any atom is 1.00 e. The van der Waals surface area contributed by atoms with Crippen LogP contribution in [0.15, 0.2) is 0 Å². The number of amides is 2. The van der Waals surface area contributed by atoms with Crippen molar-refractivity contribution in [2.24, 2.45) is 11.5 Å². The number of hydrogen-bond acceptors (Lipinski definition) is 5. The molecule has 0 aliphatic carbocycles. The first-order chi connectivity index (χ1) is 6.73. The van der Waals surface area contributed by atoms with Crippen molar-refractivity contribution in [2.75, 3.05) is 0 Å². The third-order valence-corrected chi connectivity index (χ3v) is 0.744. The van der Waals surface area contributed by atoms with Crippen molar-refractivity contribution >= 4 is 41.7 Å². The monoisotopic (exact) mass is 332 g/mol. The van der Waals surface area contributed by atoms with Gasteiger partial charge in [-0.25, -0.2) is 0 Å². The van der Waals surface area contributed by atoms with Crippen LogP contribution >= 0.6 is 0 Å². The average molecular weight is 333 g/mol. The molecule has 0 heterocycles. The fourth-order valence-corrected chi connectivity index (χ4v) is 0.328. The van der Waals surface area contributed by atoms with Gasteiger partial charge in [0.1, 0.15) is 0 Å². The number of carboxylic acid groups (broad SMARTS) is 1. The number of nitrogens with two attached hydrogens (primary N) is 2. The zero-order valence-electron chi connectivity index (χ0n) is 10.3. The second-order valence-electron chi connectivity index (χ2n) is 2.14. The van der Waals surface area contributed by atoms with Gasteiger partial charge in [0, 0.05) is 6.42 Å². The number of aliphatic carboxylic acids is 1. The van der Waals surface area contributed by atoms with E-state index in [1.807, 2.05) is 6.92 Å². The van der Waals surface area contributed by atoms with Crippen LogP contribution in [0, 0.1) is 0 Å². The Morgan fingerprint density at radius 3 is 1.35 bits per heavy atom. The minimum Gasteiger partial charge on any atom is -0.719 e. The summed E-state index contributed by atoms with van der Waals surface area (Å²) in [6.45, 7) is 1.98. The van der Waals surface area contributed by atoms with Gasteiger partial charge < -0.3 is 51.4 Å². The van der Waals surface area contributed by atoms with Crippen molar-refractivity contribution < 1.29 is 122 Å². The molecule has 90 valence electrons. The predicted octanol–water partition coefficient (Wildman–Crippen LogP) is -5.51. The molecular weight excluding hydrogens is 318 g/mol. The van der Waals surface area contributed by atoms with E-state index < -0.39 is 16.4 Å². The van der Waals surface area contributed by atoms with Gasteiger partial charge in [0.25, 0.3) is 0 Å². The summed E-state index contributed by atoms with van der Waals surface area (Å²) in [7, 11) is 0. The zero-order chi connectivity index (χ0) is 12.9. The van der Waals surface area contributed by atoms with Crippen LogP contribution in [0.25, 0.3) is 0 Å². The summed E-state index contributed by atoms with van der Waals surface area (Å²) in [5.41, 5.74) is 8.57.